The Bertz CT molecular complexity index is 1260. The van der Waals surface area contributed by atoms with Crippen molar-refractivity contribution < 1.29 is 9.18 Å². The molecule has 7 nitrogen and oxygen atoms in total. The van der Waals surface area contributed by atoms with Gasteiger partial charge in [-0.2, -0.15) is 5.10 Å². The van der Waals surface area contributed by atoms with E-state index in [9.17, 15) is 9.18 Å². The number of anilines is 2. The Balaban J connectivity index is 1.12. The summed E-state index contributed by atoms with van der Waals surface area (Å²) in [4.78, 5) is 18.9. The second-order valence-electron chi connectivity index (χ2n) is 7.65. The number of benzene rings is 2. The fourth-order valence-corrected chi connectivity index (χ4v) is 5.24. The van der Waals surface area contributed by atoms with Crippen LogP contribution in [-0.2, 0) is 0 Å². The highest BCUT2D eigenvalue weighted by atomic mass is 32.2. The van der Waals surface area contributed by atoms with Crippen molar-refractivity contribution in [3.63, 3.8) is 0 Å². The van der Waals surface area contributed by atoms with Crippen LogP contribution in [0.3, 0.4) is 0 Å². The minimum absolute atomic E-state index is 0.0864. The predicted octanol–water partition coefficient (Wildman–Crippen LogP) is 4.96. The van der Waals surface area contributed by atoms with Gasteiger partial charge >= 0.3 is 0 Å². The zero-order valence-electron chi connectivity index (χ0n) is 17.9. The second kappa shape index (κ2) is 10.3. The fourth-order valence-electron chi connectivity index (χ4n) is 3.33. The number of nitrogens with one attached hydrogen (secondary N) is 3. The van der Waals surface area contributed by atoms with E-state index in [1.54, 1.807) is 30.3 Å². The Labute approximate surface area is 204 Å². The lowest BCUT2D eigenvalue weighted by molar-refractivity contribution is 0.0901. The van der Waals surface area contributed by atoms with Crippen LogP contribution in [0.5, 0.6) is 0 Å². The van der Waals surface area contributed by atoms with Gasteiger partial charge in [-0.15, -0.1) is 0 Å². The van der Waals surface area contributed by atoms with Crippen molar-refractivity contribution in [2.45, 2.75) is 20.9 Å². The maximum atomic E-state index is 13.0. The molecule has 0 radical (unpaired) electrons. The number of aromatic nitrogens is 3. The summed E-state index contributed by atoms with van der Waals surface area (Å²) in [5.74, 6) is 1.13. The minimum atomic E-state index is -0.243. The molecule has 34 heavy (non-hydrogen) atoms. The first-order valence-electron chi connectivity index (χ1n) is 10.6. The van der Waals surface area contributed by atoms with Crippen molar-refractivity contribution in [2.24, 2.45) is 0 Å². The van der Waals surface area contributed by atoms with Gasteiger partial charge in [0.15, 0.2) is 0 Å². The van der Waals surface area contributed by atoms with Crippen LogP contribution in [0.4, 0.5) is 16.0 Å². The molecule has 5 rings (SSSR count). The molecule has 2 aromatic heterocycles. The van der Waals surface area contributed by atoms with Crippen molar-refractivity contribution in [3.05, 3.63) is 90.4 Å². The number of halogens is 1. The molecular weight excluding hydrogens is 471 g/mol. The third-order valence-electron chi connectivity index (χ3n) is 5.03. The molecule has 0 saturated carbocycles. The summed E-state index contributed by atoms with van der Waals surface area (Å²) in [5.41, 5.74) is 0.608. The Kier molecular flexibility index (Phi) is 6.79. The van der Waals surface area contributed by atoms with Crippen molar-refractivity contribution >= 4 is 41.3 Å². The fraction of sp³-hybridized carbons (Fsp3) is 0.125. The Hall–Kier alpha value is -3.34. The second-order valence-corrected chi connectivity index (χ2v) is 9.92. The number of carbonyl (C=O) groups excluding carboxylic acids is 1. The van der Waals surface area contributed by atoms with Gasteiger partial charge < -0.3 is 10.6 Å². The lowest BCUT2D eigenvalue weighted by atomic mass is 10.1. The summed E-state index contributed by atoms with van der Waals surface area (Å²) < 4.78 is 15.2. The molecule has 0 bridgehead atoms. The Morgan fingerprint density at radius 1 is 1.03 bits per heavy atom. The zero-order valence-corrected chi connectivity index (χ0v) is 19.6. The topological polar surface area (TPSA) is 85.9 Å². The quantitative estimate of drug-likeness (QED) is 0.300. The van der Waals surface area contributed by atoms with E-state index in [0.29, 0.717) is 5.56 Å². The van der Waals surface area contributed by atoms with Gasteiger partial charge in [-0.1, -0.05) is 23.9 Å². The molecule has 1 aliphatic heterocycles. The maximum Gasteiger partial charge on any atom is 0.251 e. The highest BCUT2D eigenvalue weighted by Gasteiger charge is 2.29. The van der Waals surface area contributed by atoms with Crippen LogP contribution in [0.25, 0.3) is 0 Å². The van der Waals surface area contributed by atoms with E-state index in [4.69, 9.17) is 0 Å². The van der Waals surface area contributed by atoms with Crippen LogP contribution < -0.4 is 10.6 Å². The van der Waals surface area contributed by atoms with E-state index in [0.717, 1.165) is 39.5 Å². The predicted molar refractivity (Wildman–Crippen MR) is 132 cm³/mol. The highest BCUT2D eigenvalue weighted by molar-refractivity contribution is 7.99. The molecule has 0 spiro atoms. The molecule has 0 aliphatic carbocycles. The standard InChI is InChI=1S/C24H21FN6OS2/c25-17-7-9-19(10-8-17)34-31-14-18(15-31)27-24(32)16-4-3-5-20(12-16)33-23-13-22(29-30-23)28-21-6-1-2-11-26-21/h1-13,18H,14-15H2,(H,27,32)(H2,26,28,29,30). The van der Waals surface area contributed by atoms with E-state index in [-0.39, 0.29) is 17.8 Å². The van der Waals surface area contributed by atoms with E-state index in [1.165, 1.54) is 23.9 Å². The highest BCUT2D eigenvalue weighted by Crippen LogP contribution is 2.30. The van der Waals surface area contributed by atoms with Gasteiger partial charge in [0.2, 0.25) is 0 Å². The van der Waals surface area contributed by atoms with Gasteiger partial charge in [-0.25, -0.2) is 13.7 Å². The Morgan fingerprint density at radius 2 is 1.88 bits per heavy atom. The third kappa shape index (κ3) is 5.77. The average Bonchev–Trinajstić information content (AvgIpc) is 3.26. The number of hydrogen-bond acceptors (Lipinski definition) is 7. The van der Waals surface area contributed by atoms with Gasteiger partial charge in [-0.05, 0) is 66.5 Å². The molecular formula is C24H21FN6OS2. The lowest BCUT2D eigenvalue weighted by Gasteiger charge is -2.38. The van der Waals surface area contributed by atoms with Gasteiger partial charge in [0.05, 0.1) is 6.04 Å². The first kappa shape index (κ1) is 22.5. The molecule has 1 aliphatic rings. The Morgan fingerprint density at radius 3 is 2.68 bits per heavy atom. The molecule has 3 heterocycles. The van der Waals surface area contributed by atoms with Crippen molar-refractivity contribution in [1.82, 2.24) is 24.8 Å². The molecule has 1 saturated heterocycles. The summed E-state index contributed by atoms with van der Waals surface area (Å²) in [7, 11) is 0. The number of aromatic amines is 1. The monoisotopic (exact) mass is 492 g/mol. The molecule has 0 unspecified atom stereocenters. The SMILES string of the molecule is O=C(NC1CN(Sc2ccc(F)cc2)C1)c1cccc(Sc2cc(Nc3ccccn3)[nH]n2)c1. The number of nitrogens with zero attached hydrogens (tertiary/aromatic N) is 3. The number of hydrogen-bond donors (Lipinski definition) is 3. The summed E-state index contributed by atoms with van der Waals surface area (Å²) in [6.45, 7) is 1.48. The first-order valence-corrected chi connectivity index (χ1v) is 12.2. The summed E-state index contributed by atoms with van der Waals surface area (Å²) >= 11 is 3.04. The van der Waals surface area contributed by atoms with Crippen molar-refractivity contribution in [1.29, 1.82) is 0 Å². The largest absolute Gasteiger partial charge is 0.347 e. The number of carbonyl (C=O) groups is 1. The van der Waals surface area contributed by atoms with Gasteiger partial charge in [0, 0.05) is 40.7 Å². The van der Waals surface area contributed by atoms with Crippen LogP contribution in [0.2, 0.25) is 0 Å². The van der Waals surface area contributed by atoms with Crippen LogP contribution in [0.15, 0.2) is 93.8 Å². The van der Waals surface area contributed by atoms with Crippen LogP contribution in [0, 0.1) is 5.82 Å². The van der Waals surface area contributed by atoms with Crippen LogP contribution in [0.1, 0.15) is 10.4 Å². The molecule has 1 fully saturated rings. The normalized spacial score (nSPS) is 13.9. The van der Waals surface area contributed by atoms with Crippen LogP contribution in [-0.4, -0.2) is 44.5 Å². The maximum absolute atomic E-state index is 13.0. The third-order valence-corrected chi connectivity index (χ3v) is 6.98. The number of pyridine rings is 1. The van der Waals surface area contributed by atoms with Gasteiger partial charge in [-0.3, -0.25) is 9.89 Å². The zero-order chi connectivity index (χ0) is 23.3. The summed E-state index contributed by atoms with van der Waals surface area (Å²) in [5, 5.41) is 14.3. The molecule has 10 heteroatoms. The molecule has 3 N–H and O–H groups in total. The van der Waals surface area contributed by atoms with E-state index in [1.807, 2.05) is 48.5 Å². The molecule has 172 valence electrons. The molecule has 0 atom stereocenters. The number of amides is 1. The minimum Gasteiger partial charge on any atom is -0.347 e. The molecule has 4 aromatic rings. The number of rotatable bonds is 8. The first-order chi connectivity index (χ1) is 16.6. The lowest BCUT2D eigenvalue weighted by Crippen LogP contribution is -2.56. The smallest absolute Gasteiger partial charge is 0.251 e. The van der Waals surface area contributed by atoms with Crippen LogP contribution >= 0.6 is 23.7 Å². The summed E-state index contributed by atoms with van der Waals surface area (Å²) in [6.07, 6.45) is 1.72. The summed E-state index contributed by atoms with van der Waals surface area (Å²) in [6, 6.07) is 21.5. The van der Waals surface area contributed by atoms with E-state index in [2.05, 4.69) is 30.1 Å². The van der Waals surface area contributed by atoms with Gasteiger partial charge in [0.25, 0.3) is 5.91 Å². The number of H-pyrrole nitrogens is 1. The molecule has 1 amide bonds. The van der Waals surface area contributed by atoms with E-state index < -0.39 is 0 Å². The van der Waals surface area contributed by atoms with E-state index >= 15 is 0 Å². The van der Waals surface area contributed by atoms with Crippen molar-refractivity contribution in [3.8, 4) is 0 Å². The van der Waals surface area contributed by atoms with Gasteiger partial charge in [0.1, 0.15) is 22.5 Å². The van der Waals surface area contributed by atoms with Crippen molar-refractivity contribution in [2.75, 3.05) is 18.4 Å². The average molecular weight is 493 g/mol. The molecule has 2 aromatic carbocycles.